The molecule has 0 fully saturated rings. The number of hydrogen-bond acceptors (Lipinski definition) is 3. The molecule has 0 saturated heterocycles. The van der Waals surface area contributed by atoms with Gasteiger partial charge in [-0.1, -0.05) is 30.9 Å². The zero-order valence-corrected chi connectivity index (χ0v) is 15.3. The first kappa shape index (κ1) is 18.3. The van der Waals surface area contributed by atoms with Gasteiger partial charge in [0.05, 0.1) is 12.4 Å². The molecule has 0 saturated carbocycles. The summed E-state index contributed by atoms with van der Waals surface area (Å²) in [6.07, 6.45) is 3.58. The summed E-state index contributed by atoms with van der Waals surface area (Å²) < 4.78 is 28.0. The van der Waals surface area contributed by atoms with Crippen LogP contribution < -0.4 is 4.74 Å². The number of sulfone groups is 1. The molecule has 0 atom stereocenters. The molecule has 0 heterocycles. The lowest BCUT2D eigenvalue weighted by molar-refractivity contribution is 0.317. The first-order chi connectivity index (χ1) is 11.3. The van der Waals surface area contributed by atoms with Crippen LogP contribution in [0.4, 0.5) is 0 Å². The Labute approximate surface area is 144 Å². The average molecular weight is 344 g/mol. The summed E-state index contributed by atoms with van der Waals surface area (Å²) >= 11 is 0. The van der Waals surface area contributed by atoms with Gasteiger partial charge in [-0.25, -0.2) is 8.42 Å². The summed E-state index contributed by atoms with van der Waals surface area (Å²) in [5.41, 5.74) is 5.71. The van der Waals surface area contributed by atoms with E-state index in [1.54, 1.807) is 0 Å². The average Bonchev–Trinajstić information content (AvgIpc) is 2.50. The van der Waals surface area contributed by atoms with Crippen molar-refractivity contribution in [2.45, 2.75) is 20.3 Å². The molecule has 0 aliphatic heterocycles. The number of aryl methyl sites for hydroxylation is 2. The van der Waals surface area contributed by atoms with Crippen LogP contribution in [0.2, 0.25) is 0 Å². The molecule has 2 rings (SSSR count). The Bertz CT molecular complexity index is 813. The fourth-order valence-corrected chi connectivity index (χ4v) is 3.44. The number of benzene rings is 2. The lowest BCUT2D eigenvalue weighted by atomic mass is 9.94. The molecule has 0 aliphatic carbocycles. The van der Waals surface area contributed by atoms with Crippen LogP contribution in [-0.4, -0.2) is 27.0 Å². The Balaban J connectivity index is 2.17. The van der Waals surface area contributed by atoms with Crippen molar-refractivity contribution in [2.24, 2.45) is 0 Å². The van der Waals surface area contributed by atoms with E-state index in [1.807, 2.05) is 30.3 Å². The van der Waals surface area contributed by atoms with Crippen LogP contribution in [0.1, 0.15) is 23.1 Å². The van der Waals surface area contributed by atoms with Crippen LogP contribution in [0.15, 0.2) is 43.0 Å². The normalized spacial score (nSPS) is 11.3. The Morgan fingerprint density at radius 1 is 1.12 bits per heavy atom. The maximum Gasteiger partial charge on any atom is 0.147 e. The topological polar surface area (TPSA) is 43.4 Å². The Morgan fingerprint density at radius 2 is 1.79 bits per heavy atom. The molecule has 2 aromatic carbocycles. The van der Waals surface area contributed by atoms with Crippen LogP contribution in [0.25, 0.3) is 17.2 Å². The van der Waals surface area contributed by atoms with Gasteiger partial charge < -0.3 is 4.74 Å². The van der Waals surface area contributed by atoms with Gasteiger partial charge in [-0.15, -0.1) is 0 Å². The molecule has 0 radical (unpaired) electrons. The number of ether oxygens (including phenoxy) is 1. The highest BCUT2D eigenvalue weighted by Gasteiger charge is 2.09. The second-order valence-corrected chi connectivity index (χ2v) is 8.35. The number of rotatable bonds is 7. The summed E-state index contributed by atoms with van der Waals surface area (Å²) in [6.45, 7) is 8.34. The minimum atomic E-state index is -2.93. The van der Waals surface area contributed by atoms with Gasteiger partial charge in [-0.3, -0.25) is 0 Å². The third kappa shape index (κ3) is 4.96. The summed E-state index contributed by atoms with van der Waals surface area (Å²) in [5, 5.41) is 0. The van der Waals surface area contributed by atoms with Crippen molar-refractivity contribution in [1.29, 1.82) is 0 Å². The second kappa shape index (κ2) is 7.67. The highest BCUT2D eigenvalue weighted by Crippen LogP contribution is 2.31. The van der Waals surface area contributed by atoms with Crippen molar-refractivity contribution >= 4 is 15.9 Å². The van der Waals surface area contributed by atoms with Crippen molar-refractivity contribution in [3.8, 4) is 16.9 Å². The molecule has 3 nitrogen and oxygen atoms in total. The summed E-state index contributed by atoms with van der Waals surface area (Å²) in [5.74, 6) is 0.930. The highest BCUT2D eigenvalue weighted by atomic mass is 32.2. The van der Waals surface area contributed by atoms with E-state index in [1.165, 1.54) is 11.8 Å². The molecule has 24 heavy (non-hydrogen) atoms. The second-order valence-electron chi connectivity index (χ2n) is 6.09. The fraction of sp³-hybridized carbons (Fsp3) is 0.300. The van der Waals surface area contributed by atoms with Gasteiger partial charge in [0.25, 0.3) is 0 Å². The van der Waals surface area contributed by atoms with Gasteiger partial charge in [0.2, 0.25) is 0 Å². The van der Waals surface area contributed by atoms with Crippen LogP contribution in [-0.2, 0) is 9.84 Å². The quantitative estimate of drug-likeness (QED) is 0.698. The standard InChI is InChI=1S/C20H24O3S/c1-5-17-8-6-9-18(14-17)20-15(2)12-19(13-16(20)3)23-10-7-11-24(4,21)22/h5-6,8-9,12-14H,1,7,10-11H2,2-4H3. The zero-order valence-electron chi connectivity index (χ0n) is 14.5. The molecular weight excluding hydrogens is 320 g/mol. The van der Waals surface area contributed by atoms with Crippen molar-refractivity contribution < 1.29 is 13.2 Å². The van der Waals surface area contributed by atoms with Gasteiger partial charge in [0.15, 0.2) is 0 Å². The Morgan fingerprint density at radius 3 is 2.38 bits per heavy atom. The lowest BCUT2D eigenvalue weighted by Gasteiger charge is -2.14. The molecule has 0 unspecified atom stereocenters. The SMILES string of the molecule is C=Cc1cccc(-c2c(C)cc(OCCCS(C)(=O)=O)cc2C)c1. The van der Waals surface area contributed by atoms with Crippen LogP contribution in [0.3, 0.4) is 0 Å². The summed E-state index contributed by atoms with van der Waals surface area (Å²) in [6, 6.07) is 12.3. The predicted octanol–water partition coefficient (Wildman–Crippen LogP) is 4.43. The maximum atomic E-state index is 11.1. The number of hydrogen-bond donors (Lipinski definition) is 0. The van der Waals surface area contributed by atoms with Crippen molar-refractivity contribution in [3.05, 3.63) is 59.7 Å². The minimum Gasteiger partial charge on any atom is -0.494 e. The predicted molar refractivity (Wildman–Crippen MR) is 101 cm³/mol. The molecule has 0 aliphatic rings. The van der Waals surface area contributed by atoms with Crippen molar-refractivity contribution in [2.75, 3.05) is 18.6 Å². The molecule has 0 aromatic heterocycles. The zero-order chi connectivity index (χ0) is 17.7. The van der Waals surface area contributed by atoms with E-state index in [0.717, 1.165) is 28.0 Å². The van der Waals surface area contributed by atoms with E-state index in [0.29, 0.717) is 13.0 Å². The summed E-state index contributed by atoms with van der Waals surface area (Å²) in [7, 11) is -2.93. The van der Waals surface area contributed by atoms with Gasteiger partial charge in [0, 0.05) is 6.26 Å². The minimum absolute atomic E-state index is 0.150. The highest BCUT2D eigenvalue weighted by molar-refractivity contribution is 7.90. The van der Waals surface area contributed by atoms with E-state index < -0.39 is 9.84 Å². The molecular formula is C20H24O3S. The molecule has 0 spiro atoms. The first-order valence-corrected chi connectivity index (χ1v) is 10.0. The largest absolute Gasteiger partial charge is 0.494 e. The first-order valence-electron chi connectivity index (χ1n) is 7.95. The van der Waals surface area contributed by atoms with Crippen LogP contribution in [0, 0.1) is 13.8 Å². The molecule has 4 heteroatoms. The van der Waals surface area contributed by atoms with E-state index in [9.17, 15) is 8.42 Å². The third-order valence-corrected chi connectivity index (χ3v) is 4.88. The monoisotopic (exact) mass is 344 g/mol. The van der Waals surface area contributed by atoms with Gasteiger partial charge >= 0.3 is 0 Å². The lowest BCUT2D eigenvalue weighted by Crippen LogP contribution is -2.08. The summed E-state index contributed by atoms with van der Waals surface area (Å²) in [4.78, 5) is 0. The molecule has 0 bridgehead atoms. The Hall–Kier alpha value is -2.07. The molecule has 2 aromatic rings. The van der Waals surface area contributed by atoms with Gasteiger partial charge in [-0.05, 0) is 66.3 Å². The van der Waals surface area contributed by atoms with Crippen molar-refractivity contribution in [3.63, 3.8) is 0 Å². The van der Waals surface area contributed by atoms with Crippen molar-refractivity contribution in [1.82, 2.24) is 0 Å². The van der Waals surface area contributed by atoms with Crippen LogP contribution >= 0.6 is 0 Å². The van der Waals surface area contributed by atoms with E-state index in [2.05, 4.69) is 32.6 Å². The Kier molecular flexibility index (Phi) is 5.84. The molecule has 128 valence electrons. The van der Waals surface area contributed by atoms with E-state index in [4.69, 9.17) is 4.74 Å². The molecule has 0 N–H and O–H groups in total. The van der Waals surface area contributed by atoms with Gasteiger partial charge in [-0.2, -0.15) is 0 Å². The smallest absolute Gasteiger partial charge is 0.147 e. The van der Waals surface area contributed by atoms with E-state index >= 15 is 0 Å². The van der Waals surface area contributed by atoms with Gasteiger partial charge in [0.1, 0.15) is 15.6 Å². The molecule has 0 amide bonds. The van der Waals surface area contributed by atoms with Crippen LogP contribution in [0.5, 0.6) is 5.75 Å². The van der Waals surface area contributed by atoms with E-state index in [-0.39, 0.29) is 5.75 Å². The maximum absolute atomic E-state index is 11.1. The third-order valence-electron chi connectivity index (χ3n) is 3.85. The fourth-order valence-electron chi connectivity index (χ4n) is 2.79.